The van der Waals surface area contributed by atoms with Crippen LogP contribution < -0.4 is 0 Å². The number of hydrogen-bond donors (Lipinski definition) is 0. The molecule has 0 aliphatic heterocycles. The minimum atomic E-state index is 0.663. The fraction of sp³-hybridized carbons (Fsp3) is 0. The van der Waals surface area contributed by atoms with E-state index in [-0.39, 0.29) is 0 Å². The molecule has 1 aliphatic carbocycles. The number of fused-ring (bicyclic) bond motifs is 14. The Morgan fingerprint density at radius 3 is 1.72 bits per heavy atom. The molecule has 0 unspecified atom stereocenters. The summed E-state index contributed by atoms with van der Waals surface area (Å²) in [5.74, 6) is 0.663. The maximum Gasteiger partial charge on any atom is 0.235 e. The number of hydrogen-bond acceptors (Lipinski definition) is 2. The molecule has 0 saturated heterocycles. The number of para-hydroxylation sites is 1. The lowest BCUT2D eigenvalue weighted by atomic mass is 9.94. The molecule has 0 radical (unpaired) electrons. The summed E-state index contributed by atoms with van der Waals surface area (Å²) in [6.07, 6.45) is 0. The Bertz CT molecular complexity index is 3680. The van der Waals surface area contributed by atoms with Crippen molar-refractivity contribution in [1.29, 1.82) is 0 Å². The van der Waals surface area contributed by atoms with Gasteiger partial charge in [-0.15, -0.1) is 0 Å². The van der Waals surface area contributed by atoms with E-state index >= 15 is 0 Å². The molecule has 2 heterocycles. The van der Waals surface area contributed by atoms with Crippen molar-refractivity contribution in [3.8, 4) is 50.6 Å². The van der Waals surface area contributed by atoms with Gasteiger partial charge in [0.15, 0.2) is 0 Å². The summed E-state index contributed by atoms with van der Waals surface area (Å²) in [5.41, 5.74) is 12.6. The van der Waals surface area contributed by atoms with Crippen LogP contribution >= 0.6 is 0 Å². The van der Waals surface area contributed by atoms with E-state index in [4.69, 9.17) is 9.97 Å². The van der Waals surface area contributed by atoms with Crippen LogP contribution in [-0.2, 0) is 0 Å². The van der Waals surface area contributed by atoms with Crippen LogP contribution in [0.15, 0.2) is 188 Å². The van der Waals surface area contributed by atoms with Crippen molar-refractivity contribution in [2.24, 2.45) is 0 Å². The van der Waals surface area contributed by atoms with E-state index in [1.54, 1.807) is 0 Å². The quantitative estimate of drug-likeness (QED) is 0.170. The van der Waals surface area contributed by atoms with Crippen molar-refractivity contribution in [3.05, 3.63) is 188 Å². The Balaban J connectivity index is 1.15. The lowest BCUT2D eigenvalue weighted by Crippen LogP contribution is -2.04. The molecule has 0 fully saturated rings. The number of aromatic nitrogens is 3. The zero-order chi connectivity index (χ0) is 37.2. The molecule has 57 heavy (non-hydrogen) atoms. The lowest BCUT2D eigenvalue weighted by Gasteiger charge is -2.14. The van der Waals surface area contributed by atoms with E-state index < -0.39 is 0 Å². The molecule has 2 aromatic heterocycles. The largest absolute Gasteiger partial charge is 0.277 e. The van der Waals surface area contributed by atoms with Gasteiger partial charge in [-0.25, -0.2) is 9.97 Å². The van der Waals surface area contributed by atoms with Gasteiger partial charge in [0.25, 0.3) is 0 Å². The van der Waals surface area contributed by atoms with Crippen LogP contribution in [0, 0.1) is 0 Å². The molecule has 0 bridgehead atoms. The molecule has 0 saturated carbocycles. The third-order valence-corrected chi connectivity index (χ3v) is 12.3. The summed E-state index contributed by atoms with van der Waals surface area (Å²) in [6, 6.07) is 68.2. The van der Waals surface area contributed by atoms with Crippen molar-refractivity contribution in [2.45, 2.75) is 0 Å². The maximum absolute atomic E-state index is 5.60. The third-order valence-electron chi connectivity index (χ3n) is 12.3. The van der Waals surface area contributed by atoms with Gasteiger partial charge in [0.2, 0.25) is 5.95 Å². The summed E-state index contributed by atoms with van der Waals surface area (Å²) >= 11 is 0. The van der Waals surface area contributed by atoms with E-state index in [0.717, 1.165) is 33.2 Å². The van der Waals surface area contributed by atoms with Crippen LogP contribution in [-0.4, -0.2) is 14.5 Å². The Morgan fingerprint density at radius 2 is 0.895 bits per heavy atom. The van der Waals surface area contributed by atoms with Crippen LogP contribution in [0.1, 0.15) is 0 Å². The molecule has 0 amide bonds. The van der Waals surface area contributed by atoms with Gasteiger partial charge >= 0.3 is 0 Å². The monoisotopic (exact) mass is 721 g/mol. The van der Waals surface area contributed by atoms with E-state index in [9.17, 15) is 0 Å². The smallest absolute Gasteiger partial charge is 0.235 e. The van der Waals surface area contributed by atoms with Crippen LogP contribution in [0.3, 0.4) is 0 Å². The molecule has 262 valence electrons. The highest BCUT2D eigenvalue weighted by Gasteiger charge is 2.28. The van der Waals surface area contributed by atoms with Gasteiger partial charge in [-0.2, -0.15) is 0 Å². The zero-order valence-electron chi connectivity index (χ0n) is 30.7. The molecule has 10 aromatic carbocycles. The van der Waals surface area contributed by atoms with Gasteiger partial charge in [0, 0.05) is 27.1 Å². The van der Waals surface area contributed by atoms with Crippen molar-refractivity contribution < 1.29 is 0 Å². The van der Waals surface area contributed by atoms with Crippen molar-refractivity contribution in [3.63, 3.8) is 0 Å². The second-order valence-corrected chi connectivity index (χ2v) is 15.2. The molecule has 13 rings (SSSR count). The molecular weight excluding hydrogens is 691 g/mol. The summed E-state index contributed by atoms with van der Waals surface area (Å²) in [7, 11) is 0. The highest BCUT2D eigenvalue weighted by Crippen LogP contribution is 2.52. The lowest BCUT2D eigenvalue weighted by molar-refractivity contribution is 1.02. The summed E-state index contributed by atoms with van der Waals surface area (Å²) in [5, 5.41) is 13.4. The average Bonchev–Trinajstić information content (AvgIpc) is 3.80. The minimum Gasteiger partial charge on any atom is -0.277 e. The topological polar surface area (TPSA) is 30.7 Å². The average molecular weight is 722 g/mol. The number of nitrogens with zero attached hydrogens (tertiary/aromatic N) is 3. The Kier molecular flexibility index (Phi) is 6.16. The molecular formula is C54H31N3. The van der Waals surface area contributed by atoms with Crippen LogP contribution in [0.2, 0.25) is 0 Å². The SMILES string of the molecule is c1ccc2c(c1)-c1cccc3c1c-2cc1c3c2c3ccccc3c3ccccc3c2n1-c1nc(-c2ccc(-c3cccc4ccccc34)cc2)c2ccccc2n1. The second-order valence-electron chi connectivity index (χ2n) is 15.2. The number of rotatable bonds is 3. The van der Waals surface area contributed by atoms with E-state index in [0.29, 0.717) is 5.95 Å². The van der Waals surface area contributed by atoms with Crippen molar-refractivity contribution in [2.75, 3.05) is 0 Å². The van der Waals surface area contributed by atoms with Gasteiger partial charge in [-0.05, 0) is 83.2 Å². The maximum atomic E-state index is 5.60. The van der Waals surface area contributed by atoms with Gasteiger partial charge in [0.1, 0.15) is 0 Å². The molecule has 12 aromatic rings. The highest BCUT2D eigenvalue weighted by molar-refractivity contribution is 6.38. The molecule has 3 nitrogen and oxygen atoms in total. The summed E-state index contributed by atoms with van der Waals surface area (Å²) in [6.45, 7) is 0. The first-order valence-electron chi connectivity index (χ1n) is 19.6. The Hall–Kier alpha value is -7.62. The molecule has 1 aliphatic rings. The fourth-order valence-corrected chi connectivity index (χ4v) is 9.90. The molecule has 0 N–H and O–H groups in total. The van der Waals surface area contributed by atoms with E-state index in [1.807, 2.05) is 0 Å². The number of benzene rings is 10. The summed E-state index contributed by atoms with van der Waals surface area (Å²) < 4.78 is 2.36. The van der Waals surface area contributed by atoms with E-state index in [1.165, 1.54) is 87.2 Å². The Labute approximate surface area is 327 Å². The van der Waals surface area contributed by atoms with Gasteiger partial charge in [-0.1, -0.05) is 176 Å². The van der Waals surface area contributed by atoms with Gasteiger partial charge in [0.05, 0.1) is 22.2 Å². The Morgan fingerprint density at radius 1 is 0.333 bits per heavy atom. The van der Waals surface area contributed by atoms with Gasteiger partial charge in [-0.3, -0.25) is 4.57 Å². The molecule has 3 heteroatoms. The highest BCUT2D eigenvalue weighted by atomic mass is 15.2. The summed E-state index contributed by atoms with van der Waals surface area (Å²) in [4.78, 5) is 11.0. The predicted octanol–water partition coefficient (Wildman–Crippen LogP) is 14.3. The normalized spacial score (nSPS) is 12.2. The molecule has 0 atom stereocenters. The first kappa shape index (κ1) is 30.7. The minimum absolute atomic E-state index is 0.663. The van der Waals surface area contributed by atoms with E-state index in [2.05, 4.69) is 193 Å². The third kappa shape index (κ3) is 4.20. The van der Waals surface area contributed by atoms with Crippen molar-refractivity contribution in [1.82, 2.24) is 14.5 Å². The zero-order valence-corrected chi connectivity index (χ0v) is 30.7. The van der Waals surface area contributed by atoms with Crippen LogP contribution in [0.25, 0.3) is 126 Å². The first-order chi connectivity index (χ1) is 28.3. The fourth-order valence-electron chi connectivity index (χ4n) is 9.90. The van der Waals surface area contributed by atoms with Crippen molar-refractivity contribution >= 4 is 75.8 Å². The predicted molar refractivity (Wildman–Crippen MR) is 239 cm³/mol. The molecule has 0 spiro atoms. The van der Waals surface area contributed by atoms with Crippen LogP contribution in [0.4, 0.5) is 0 Å². The second kappa shape index (κ2) is 11.5. The van der Waals surface area contributed by atoms with Gasteiger partial charge < -0.3 is 0 Å². The first-order valence-corrected chi connectivity index (χ1v) is 19.6. The van der Waals surface area contributed by atoms with Crippen LogP contribution in [0.5, 0.6) is 0 Å². The standard InChI is InChI=1S/C54H31N3/c1-2-15-35-32(13-1)14-11-23-36(35)33-27-29-34(30-28-33)52-44-22-9-10-26-47(44)55-54(56-52)57-48-31-46-40-19-4-3-17-38(40)41-24-12-25-45(49(41)46)50(48)51-42-20-7-5-16-37(42)39-18-6-8-21-43(39)53(51)57/h1-31H.